The summed E-state index contributed by atoms with van der Waals surface area (Å²) in [5, 5.41) is 3.44. The molecule has 0 bridgehead atoms. The van der Waals surface area contributed by atoms with Crippen LogP contribution < -0.4 is 10.1 Å². The maximum absolute atomic E-state index is 6.00. The number of hydrogen-bond acceptors (Lipinski definition) is 3. The molecular formula is C18H28N2O. The maximum Gasteiger partial charge on any atom is 0.123 e. The minimum Gasteiger partial charge on any atom is -0.492 e. The van der Waals surface area contributed by atoms with E-state index in [0.29, 0.717) is 0 Å². The van der Waals surface area contributed by atoms with Crippen molar-refractivity contribution < 1.29 is 4.74 Å². The van der Waals surface area contributed by atoms with Crippen molar-refractivity contribution in [2.24, 2.45) is 0 Å². The van der Waals surface area contributed by atoms with E-state index < -0.39 is 0 Å². The number of nitrogens with zero attached hydrogens (tertiary/aromatic N) is 1. The molecule has 0 saturated carbocycles. The minimum absolute atomic E-state index is 0.762. The second-order valence-electron chi connectivity index (χ2n) is 5.75. The second-order valence-corrected chi connectivity index (χ2v) is 5.75. The monoisotopic (exact) mass is 288 g/mol. The molecule has 1 aromatic rings. The molecule has 0 fully saturated rings. The lowest BCUT2D eigenvalue weighted by Gasteiger charge is -2.26. The van der Waals surface area contributed by atoms with Crippen LogP contribution in [0.2, 0.25) is 0 Å². The van der Waals surface area contributed by atoms with E-state index in [0.717, 1.165) is 51.5 Å². The lowest BCUT2D eigenvalue weighted by atomic mass is 10.1. The molecule has 0 spiro atoms. The SMILES string of the molecule is CCCNCc1ccccc1OCCN1CCC=C(C)C1. The van der Waals surface area contributed by atoms with E-state index in [9.17, 15) is 0 Å². The highest BCUT2D eigenvalue weighted by atomic mass is 16.5. The summed E-state index contributed by atoms with van der Waals surface area (Å²) in [6, 6.07) is 8.34. The number of ether oxygens (including phenoxy) is 1. The minimum atomic E-state index is 0.762. The summed E-state index contributed by atoms with van der Waals surface area (Å²) < 4.78 is 6.00. The Hall–Kier alpha value is -1.32. The molecule has 1 aromatic carbocycles. The standard InChI is InChI=1S/C18H28N2O/c1-3-10-19-14-17-8-4-5-9-18(17)21-13-12-20-11-6-7-16(2)15-20/h4-5,7-9,19H,3,6,10-15H2,1-2H3. The lowest BCUT2D eigenvalue weighted by molar-refractivity contribution is 0.215. The van der Waals surface area contributed by atoms with Gasteiger partial charge in [-0.15, -0.1) is 0 Å². The smallest absolute Gasteiger partial charge is 0.123 e. The second kappa shape index (κ2) is 8.85. The van der Waals surface area contributed by atoms with Crippen LogP contribution in [0.15, 0.2) is 35.9 Å². The van der Waals surface area contributed by atoms with Crippen molar-refractivity contribution >= 4 is 0 Å². The highest BCUT2D eigenvalue weighted by molar-refractivity contribution is 5.33. The van der Waals surface area contributed by atoms with E-state index in [1.807, 2.05) is 6.07 Å². The van der Waals surface area contributed by atoms with E-state index in [2.05, 4.69) is 48.3 Å². The molecule has 2 rings (SSSR count). The Kier molecular flexibility index (Phi) is 6.77. The van der Waals surface area contributed by atoms with Gasteiger partial charge < -0.3 is 10.1 Å². The fourth-order valence-electron chi connectivity index (χ4n) is 2.66. The summed E-state index contributed by atoms with van der Waals surface area (Å²) in [5.41, 5.74) is 2.73. The molecule has 0 radical (unpaired) electrons. The summed E-state index contributed by atoms with van der Waals surface area (Å²) in [5.74, 6) is 1.02. The molecule has 0 saturated heterocycles. The molecule has 21 heavy (non-hydrogen) atoms. The van der Waals surface area contributed by atoms with Gasteiger partial charge in [0.25, 0.3) is 0 Å². The Morgan fingerprint density at radius 1 is 1.29 bits per heavy atom. The van der Waals surface area contributed by atoms with Crippen molar-refractivity contribution in [1.29, 1.82) is 0 Å². The Morgan fingerprint density at radius 3 is 2.95 bits per heavy atom. The summed E-state index contributed by atoms with van der Waals surface area (Å²) in [6.45, 7) is 10.3. The average molecular weight is 288 g/mol. The number of nitrogens with one attached hydrogen (secondary N) is 1. The van der Waals surface area contributed by atoms with Gasteiger partial charge in [-0.3, -0.25) is 4.90 Å². The van der Waals surface area contributed by atoms with Crippen molar-refractivity contribution in [2.45, 2.75) is 33.2 Å². The van der Waals surface area contributed by atoms with Gasteiger partial charge in [0, 0.05) is 31.7 Å². The predicted molar refractivity (Wildman–Crippen MR) is 88.7 cm³/mol. The van der Waals surface area contributed by atoms with E-state index in [1.165, 1.54) is 17.6 Å². The average Bonchev–Trinajstić information content (AvgIpc) is 2.49. The van der Waals surface area contributed by atoms with Gasteiger partial charge in [-0.2, -0.15) is 0 Å². The number of hydrogen-bond donors (Lipinski definition) is 1. The van der Waals surface area contributed by atoms with Crippen molar-refractivity contribution in [2.75, 3.05) is 32.8 Å². The zero-order valence-electron chi connectivity index (χ0n) is 13.4. The van der Waals surface area contributed by atoms with Crippen LogP contribution in [-0.4, -0.2) is 37.7 Å². The van der Waals surface area contributed by atoms with Gasteiger partial charge >= 0.3 is 0 Å². The Morgan fingerprint density at radius 2 is 2.14 bits per heavy atom. The molecule has 0 unspecified atom stereocenters. The van der Waals surface area contributed by atoms with Crippen LogP contribution in [0.4, 0.5) is 0 Å². The van der Waals surface area contributed by atoms with Gasteiger partial charge in [0.15, 0.2) is 0 Å². The molecule has 1 aliphatic rings. The first kappa shape index (κ1) is 16.1. The molecule has 3 heteroatoms. The fourth-order valence-corrected chi connectivity index (χ4v) is 2.66. The van der Waals surface area contributed by atoms with E-state index in [-0.39, 0.29) is 0 Å². The molecule has 0 amide bonds. The van der Waals surface area contributed by atoms with Crippen molar-refractivity contribution in [3.63, 3.8) is 0 Å². The first-order valence-electron chi connectivity index (χ1n) is 8.09. The summed E-state index contributed by atoms with van der Waals surface area (Å²) in [7, 11) is 0. The Bertz CT molecular complexity index is 456. The topological polar surface area (TPSA) is 24.5 Å². The quantitative estimate of drug-likeness (QED) is 0.587. The summed E-state index contributed by atoms with van der Waals surface area (Å²) in [4.78, 5) is 2.47. The third kappa shape index (κ3) is 5.52. The summed E-state index contributed by atoms with van der Waals surface area (Å²) >= 11 is 0. The van der Waals surface area contributed by atoms with Crippen LogP contribution in [-0.2, 0) is 6.54 Å². The maximum atomic E-state index is 6.00. The van der Waals surface area contributed by atoms with E-state index in [4.69, 9.17) is 4.74 Å². The molecule has 0 aromatic heterocycles. The first-order chi connectivity index (χ1) is 10.3. The Balaban J connectivity index is 1.78. The predicted octanol–water partition coefficient (Wildman–Crippen LogP) is 3.22. The molecule has 0 aliphatic carbocycles. The zero-order valence-corrected chi connectivity index (χ0v) is 13.4. The van der Waals surface area contributed by atoms with Gasteiger partial charge in [-0.25, -0.2) is 0 Å². The van der Waals surface area contributed by atoms with Crippen molar-refractivity contribution in [3.05, 3.63) is 41.5 Å². The van der Waals surface area contributed by atoms with Crippen LogP contribution >= 0.6 is 0 Å². The summed E-state index contributed by atoms with van der Waals surface area (Å²) in [6.07, 6.45) is 4.67. The number of benzene rings is 1. The normalized spacial score (nSPS) is 15.8. The van der Waals surface area contributed by atoms with Crippen molar-refractivity contribution in [1.82, 2.24) is 10.2 Å². The van der Waals surface area contributed by atoms with Crippen LogP contribution in [0.5, 0.6) is 5.75 Å². The third-order valence-corrected chi connectivity index (χ3v) is 3.79. The molecule has 116 valence electrons. The third-order valence-electron chi connectivity index (χ3n) is 3.79. The fraction of sp³-hybridized carbons (Fsp3) is 0.556. The molecule has 0 atom stereocenters. The molecule has 3 nitrogen and oxygen atoms in total. The highest BCUT2D eigenvalue weighted by Gasteiger charge is 2.10. The van der Waals surface area contributed by atoms with E-state index >= 15 is 0 Å². The largest absolute Gasteiger partial charge is 0.492 e. The van der Waals surface area contributed by atoms with E-state index in [1.54, 1.807) is 0 Å². The Labute approximate surface area is 129 Å². The first-order valence-corrected chi connectivity index (χ1v) is 8.09. The van der Waals surface area contributed by atoms with Crippen LogP contribution in [0.1, 0.15) is 32.3 Å². The zero-order chi connectivity index (χ0) is 14.9. The van der Waals surface area contributed by atoms with Gasteiger partial charge in [0.2, 0.25) is 0 Å². The van der Waals surface area contributed by atoms with Crippen LogP contribution in [0.3, 0.4) is 0 Å². The van der Waals surface area contributed by atoms with Gasteiger partial charge in [0.1, 0.15) is 12.4 Å². The van der Waals surface area contributed by atoms with Crippen LogP contribution in [0, 0.1) is 0 Å². The number of para-hydroxylation sites is 1. The lowest BCUT2D eigenvalue weighted by Crippen LogP contribution is -2.33. The van der Waals surface area contributed by atoms with Gasteiger partial charge in [-0.05, 0) is 32.4 Å². The molecular weight excluding hydrogens is 260 g/mol. The highest BCUT2D eigenvalue weighted by Crippen LogP contribution is 2.18. The van der Waals surface area contributed by atoms with Crippen molar-refractivity contribution in [3.8, 4) is 5.75 Å². The molecule has 1 N–H and O–H groups in total. The van der Waals surface area contributed by atoms with Gasteiger partial charge in [0.05, 0.1) is 0 Å². The van der Waals surface area contributed by atoms with Gasteiger partial charge in [-0.1, -0.05) is 36.8 Å². The molecule has 1 aliphatic heterocycles. The number of rotatable bonds is 8. The van der Waals surface area contributed by atoms with Crippen LogP contribution in [0.25, 0.3) is 0 Å². The molecule has 1 heterocycles.